The summed E-state index contributed by atoms with van der Waals surface area (Å²) < 4.78 is 0. The van der Waals surface area contributed by atoms with E-state index < -0.39 is 0 Å². The summed E-state index contributed by atoms with van der Waals surface area (Å²) in [4.78, 5) is 11.4. The van der Waals surface area contributed by atoms with Crippen molar-refractivity contribution < 1.29 is 4.79 Å². The zero-order chi connectivity index (χ0) is 8.43. The Bertz CT molecular complexity index is 152. The van der Waals surface area contributed by atoms with Gasteiger partial charge in [-0.3, -0.25) is 4.79 Å². The van der Waals surface area contributed by atoms with Gasteiger partial charge in [0.25, 0.3) is 0 Å². The SMILES string of the molecule is CCC(C)C(N)C(=O)C1CC1. The lowest BCUT2D eigenvalue weighted by Crippen LogP contribution is -2.37. The van der Waals surface area contributed by atoms with Crippen LogP contribution in [0.5, 0.6) is 0 Å². The molecule has 0 heterocycles. The van der Waals surface area contributed by atoms with Crippen LogP contribution in [0.25, 0.3) is 0 Å². The van der Waals surface area contributed by atoms with Gasteiger partial charge in [-0.25, -0.2) is 0 Å². The summed E-state index contributed by atoms with van der Waals surface area (Å²) in [5.74, 6) is 0.960. The molecule has 2 nitrogen and oxygen atoms in total. The minimum absolute atomic E-state index is 0.201. The van der Waals surface area contributed by atoms with Crippen LogP contribution in [-0.4, -0.2) is 11.8 Å². The lowest BCUT2D eigenvalue weighted by Gasteiger charge is -2.16. The number of ketones is 1. The van der Waals surface area contributed by atoms with Crippen LogP contribution in [-0.2, 0) is 4.79 Å². The van der Waals surface area contributed by atoms with E-state index in [-0.39, 0.29) is 6.04 Å². The Kier molecular flexibility index (Phi) is 2.66. The molecule has 0 aromatic heterocycles. The van der Waals surface area contributed by atoms with Gasteiger partial charge in [0.1, 0.15) is 0 Å². The second-order valence-electron chi connectivity index (χ2n) is 3.59. The molecule has 0 aromatic rings. The second-order valence-corrected chi connectivity index (χ2v) is 3.59. The van der Waals surface area contributed by atoms with Crippen LogP contribution >= 0.6 is 0 Å². The Morgan fingerprint density at radius 1 is 1.64 bits per heavy atom. The van der Waals surface area contributed by atoms with Crippen LogP contribution in [0.3, 0.4) is 0 Å². The Labute approximate surface area is 68.2 Å². The van der Waals surface area contributed by atoms with Gasteiger partial charge in [0.2, 0.25) is 0 Å². The van der Waals surface area contributed by atoms with E-state index in [9.17, 15) is 4.79 Å². The highest BCUT2D eigenvalue weighted by Crippen LogP contribution is 2.31. The molecule has 2 unspecified atom stereocenters. The van der Waals surface area contributed by atoms with Crippen molar-refractivity contribution in [3.63, 3.8) is 0 Å². The molecule has 1 fully saturated rings. The van der Waals surface area contributed by atoms with Crippen molar-refractivity contribution in [3.8, 4) is 0 Å². The molecule has 0 aromatic carbocycles. The smallest absolute Gasteiger partial charge is 0.152 e. The monoisotopic (exact) mass is 155 g/mol. The van der Waals surface area contributed by atoms with E-state index in [0.29, 0.717) is 17.6 Å². The summed E-state index contributed by atoms with van der Waals surface area (Å²) in [5.41, 5.74) is 5.76. The fourth-order valence-corrected chi connectivity index (χ4v) is 1.17. The third kappa shape index (κ3) is 2.03. The Morgan fingerprint density at radius 2 is 2.18 bits per heavy atom. The molecule has 1 aliphatic rings. The molecule has 0 aliphatic heterocycles. The Balaban J connectivity index is 2.38. The van der Waals surface area contributed by atoms with Gasteiger partial charge >= 0.3 is 0 Å². The van der Waals surface area contributed by atoms with Crippen molar-refractivity contribution in [2.45, 2.75) is 39.2 Å². The van der Waals surface area contributed by atoms with Gasteiger partial charge < -0.3 is 5.73 Å². The fraction of sp³-hybridized carbons (Fsp3) is 0.889. The summed E-state index contributed by atoms with van der Waals surface area (Å²) in [6, 6.07) is -0.201. The maximum atomic E-state index is 11.4. The molecule has 1 rings (SSSR count). The first-order valence-corrected chi connectivity index (χ1v) is 4.46. The normalized spacial score (nSPS) is 22.8. The summed E-state index contributed by atoms with van der Waals surface area (Å²) in [6.45, 7) is 4.12. The number of carbonyl (C=O) groups is 1. The molecule has 2 atom stereocenters. The van der Waals surface area contributed by atoms with E-state index in [1.54, 1.807) is 0 Å². The topological polar surface area (TPSA) is 43.1 Å². The minimum atomic E-state index is -0.201. The Hall–Kier alpha value is -0.370. The molecular formula is C9H17NO. The first-order valence-electron chi connectivity index (χ1n) is 4.46. The van der Waals surface area contributed by atoms with Gasteiger partial charge in [-0.2, -0.15) is 0 Å². The zero-order valence-corrected chi connectivity index (χ0v) is 7.34. The van der Waals surface area contributed by atoms with Gasteiger partial charge in [0.05, 0.1) is 6.04 Å². The highest BCUT2D eigenvalue weighted by molar-refractivity contribution is 5.88. The second kappa shape index (κ2) is 3.35. The molecule has 0 bridgehead atoms. The lowest BCUT2D eigenvalue weighted by atomic mass is 9.94. The average molecular weight is 155 g/mol. The van der Waals surface area contributed by atoms with Crippen molar-refractivity contribution >= 4 is 5.78 Å². The molecule has 2 N–H and O–H groups in total. The summed E-state index contributed by atoms with van der Waals surface area (Å²) in [6.07, 6.45) is 3.14. The molecule has 0 radical (unpaired) electrons. The minimum Gasteiger partial charge on any atom is -0.321 e. The van der Waals surface area contributed by atoms with Gasteiger partial charge in [0, 0.05) is 5.92 Å². The lowest BCUT2D eigenvalue weighted by molar-refractivity contribution is -0.122. The molecule has 11 heavy (non-hydrogen) atoms. The standard InChI is InChI=1S/C9H17NO/c1-3-6(2)8(10)9(11)7-4-5-7/h6-8H,3-5,10H2,1-2H3. The van der Waals surface area contributed by atoms with Gasteiger partial charge in [0.15, 0.2) is 5.78 Å². The predicted octanol–water partition coefficient (Wildman–Crippen LogP) is 1.34. The predicted molar refractivity (Wildman–Crippen MR) is 45.2 cm³/mol. The average Bonchev–Trinajstić information content (AvgIpc) is 2.82. The zero-order valence-electron chi connectivity index (χ0n) is 7.34. The van der Waals surface area contributed by atoms with Gasteiger partial charge in [-0.1, -0.05) is 20.3 Å². The largest absolute Gasteiger partial charge is 0.321 e. The van der Waals surface area contributed by atoms with E-state index in [0.717, 1.165) is 19.3 Å². The molecule has 64 valence electrons. The molecule has 0 spiro atoms. The maximum Gasteiger partial charge on any atom is 0.152 e. The first-order chi connectivity index (χ1) is 5.16. The van der Waals surface area contributed by atoms with E-state index in [2.05, 4.69) is 6.92 Å². The highest BCUT2D eigenvalue weighted by Gasteiger charge is 2.34. The van der Waals surface area contributed by atoms with E-state index in [1.165, 1.54) is 0 Å². The van der Waals surface area contributed by atoms with Crippen LogP contribution in [0.15, 0.2) is 0 Å². The Morgan fingerprint density at radius 3 is 2.55 bits per heavy atom. The molecule has 0 saturated heterocycles. The molecular weight excluding hydrogens is 138 g/mol. The van der Waals surface area contributed by atoms with Crippen LogP contribution in [0.4, 0.5) is 0 Å². The number of rotatable bonds is 4. The third-order valence-corrected chi connectivity index (χ3v) is 2.57. The van der Waals surface area contributed by atoms with Gasteiger partial charge in [-0.15, -0.1) is 0 Å². The number of Topliss-reactive ketones (excluding diaryl/α,β-unsaturated/α-hetero) is 1. The fourth-order valence-electron chi connectivity index (χ4n) is 1.17. The number of hydrogen-bond acceptors (Lipinski definition) is 2. The summed E-state index contributed by atoms with van der Waals surface area (Å²) in [5, 5.41) is 0. The number of hydrogen-bond donors (Lipinski definition) is 1. The van der Waals surface area contributed by atoms with Crippen LogP contribution in [0.2, 0.25) is 0 Å². The van der Waals surface area contributed by atoms with Crippen LogP contribution < -0.4 is 5.73 Å². The van der Waals surface area contributed by atoms with Crippen molar-refractivity contribution in [3.05, 3.63) is 0 Å². The van der Waals surface area contributed by atoms with Crippen molar-refractivity contribution in [1.82, 2.24) is 0 Å². The van der Waals surface area contributed by atoms with Gasteiger partial charge in [-0.05, 0) is 18.8 Å². The van der Waals surface area contributed by atoms with Crippen molar-refractivity contribution in [1.29, 1.82) is 0 Å². The summed E-state index contributed by atoms with van der Waals surface area (Å²) in [7, 11) is 0. The van der Waals surface area contributed by atoms with E-state index in [1.807, 2.05) is 6.92 Å². The van der Waals surface area contributed by atoms with Crippen LogP contribution in [0, 0.1) is 11.8 Å². The maximum absolute atomic E-state index is 11.4. The quantitative estimate of drug-likeness (QED) is 0.665. The van der Waals surface area contributed by atoms with Crippen molar-refractivity contribution in [2.24, 2.45) is 17.6 Å². The molecule has 2 heteroatoms. The first kappa shape index (κ1) is 8.72. The highest BCUT2D eigenvalue weighted by atomic mass is 16.1. The van der Waals surface area contributed by atoms with Crippen molar-refractivity contribution in [2.75, 3.05) is 0 Å². The number of nitrogens with two attached hydrogens (primary N) is 1. The third-order valence-electron chi connectivity index (χ3n) is 2.57. The molecule has 1 aliphatic carbocycles. The molecule has 0 amide bonds. The molecule has 1 saturated carbocycles. The number of carbonyl (C=O) groups excluding carboxylic acids is 1. The summed E-state index contributed by atoms with van der Waals surface area (Å²) >= 11 is 0. The van der Waals surface area contributed by atoms with E-state index >= 15 is 0 Å². The van der Waals surface area contributed by atoms with Crippen LogP contribution in [0.1, 0.15) is 33.1 Å². The van der Waals surface area contributed by atoms with E-state index in [4.69, 9.17) is 5.73 Å².